The minimum atomic E-state index is -1.02. The molecule has 4 unspecified atom stereocenters. The third kappa shape index (κ3) is 9.49. The maximum Gasteiger partial charge on any atom is 0.122 e. The summed E-state index contributed by atoms with van der Waals surface area (Å²) >= 11 is 0. The van der Waals surface area contributed by atoms with E-state index in [0.29, 0.717) is 36.5 Å². The molecular weight excluding hydrogens is 272 g/mol. The highest BCUT2D eigenvalue weighted by Crippen LogP contribution is 2.23. The Bertz CT molecular complexity index is 335. The smallest absolute Gasteiger partial charge is 0.122 e. The summed E-state index contributed by atoms with van der Waals surface area (Å²) in [4.78, 5) is 0. The van der Waals surface area contributed by atoms with E-state index in [4.69, 9.17) is 0 Å². The van der Waals surface area contributed by atoms with Crippen molar-refractivity contribution in [1.82, 2.24) is 0 Å². The van der Waals surface area contributed by atoms with Gasteiger partial charge in [-0.3, -0.25) is 0 Å². The molecule has 0 aliphatic heterocycles. The monoisotopic (exact) mass is 310 g/mol. The molecule has 0 amide bonds. The van der Waals surface area contributed by atoms with Crippen molar-refractivity contribution >= 4 is 0 Å². The highest BCUT2D eigenvalue weighted by Gasteiger charge is 2.23. The molecule has 2 N–H and O–H groups in total. The van der Waals surface area contributed by atoms with Crippen LogP contribution in [0.2, 0.25) is 0 Å². The van der Waals surface area contributed by atoms with Crippen LogP contribution in [0.25, 0.3) is 0 Å². The van der Waals surface area contributed by atoms with Crippen LogP contribution in [-0.4, -0.2) is 21.4 Å². The third-order valence-corrected chi connectivity index (χ3v) is 5.05. The standard InChI is InChI=1S/C20H38O2/c1-15(2)17(5)9-11-19(7,21)13-14-20(8,22)12-10-18(6)16(3)4/h15-18,21-22H,9-12H2,1-8H3. The van der Waals surface area contributed by atoms with Gasteiger partial charge in [0.25, 0.3) is 0 Å². The fourth-order valence-corrected chi connectivity index (χ4v) is 2.08. The zero-order chi connectivity index (χ0) is 17.6. The van der Waals surface area contributed by atoms with Crippen LogP contribution in [-0.2, 0) is 0 Å². The Morgan fingerprint density at radius 3 is 1.18 bits per heavy atom. The zero-order valence-electron chi connectivity index (χ0n) is 16.0. The van der Waals surface area contributed by atoms with E-state index in [1.165, 1.54) is 0 Å². The quantitative estimate of drug-likeness (QED) is 0.641. The van der Waals surface area contributed by atoms with Crippen molar-refractivity contribution in [2.45, 2.75) is 92.3 Å². The van der Waals surface area contributed by atoms with E-state index >= 15 is 0 Å². The molecule has 130 valence electrons. The van der Waals surface area contributed by atoms with Gasteiger partial charge in [-0.1, -0.05) is 53.4 Å². The van der Waals surface area contributed by atoms with E-state index in [1.807, 2.05) is 0 Å². The summed E-state index contributed by atoms with van der Waals surface area (Å²) in [5, 5.41) is 20.8. The van der Waals surface area contributed by atoms with Crippen LogP contribution in [0, 0.1) is 35.5 Å². The molecule has 22 heavy (non-hydrogen) atoms. The maximum absolute atomic E-state index is 10.4. The van der Waals surface area contributed by atoms with Crippen LogP contribution in [0.4, 0.5) is 0 Å². The average molecular weight is 311 g/mol. The summed E-state index contributed by atoms with van der Waals surface area (Å²) in [5.41, 5.74) is -2.03. The van der Waals surface area contributed by atoms with Gasteiger partial charge in [0.2, 0.25) is 0 Å². The van der Waals surface area contributed by atoms with Crippen molar-refractivity contribution < 1.29 is 10.2 Å². The first-order valence-electron chi connectivity index (χ1n) is 8.85. The van der Waals surface area contributed by atoms with Crippen molar-refractivity contribution in [1.29, 1.82) is 0 Å². The summed E-state index contributed by atoms with van der Waals surface area (Å²) in [7, 11) is 0. The molecule has 0 radical (unpaired) electrons. The lowest BCUT2D eigenvalue weighted by atomic mass is 9.86. The van der Waals surface area contributed by atoms with Crippen LogP contribution < -0.4 is 0 Å². The molecule has 0 saturated heterocycles. The van der Waals surface area contributed by atoms with Gasteiger partial charge in [-0.05, 0) is 63.2 Å². The molecule has 0 aliphatic carbocycles. The molecule has 4 atom stereocenters. The molecule has 0 bridgehead atoms. The average Bonchev–Trinajstić information content (AvgIpc) is 2.40. The van der Waals surface area contributed by atoms with Gasteiger partial charge in [0.1, 0.15) is 11.2 Å². The fraction of sp³-hybridized carbons (Fsp3) is 0.900. The van der Waals surface area contributed by atoms with Crippen molar-refractivity contribution in [3.8, 4) is 11.8 Å². The summed E-state index contributed by atoms with van der Waals surface area (Å²) in [5.74, 6) is 8.17. The highest BCUT2D eigenvalue weighted by atomic mass is 16.3. The van der Waals surface area contributed by atoms with Gasteiger partial charge in [-0.2, -0.15) is 0 Å². The summed E-state index contributed by atoms with van der Waals surface area (Å²) in [6.45, 7) is 16.7. The molecule has 0 saturated carbocycles. The second kappa shape index (κ2) is 8.94. The molecule has 2 nitrogen and oxygen atoms in total. The zero-order valence-corrected chi connectivity index (χ0v) is 16.0. The normalized spacial score (nSPS) is 20.0. The lowest BCUT2D eigenvalue weighted by Gasteiger charge is -2.24. The van der Waals surface area contributed by atoms with Gasteiger partial charge in [-0.15, -0.1) is 0 Å². The Balaban J connectivity index is 4.53. The van der Waals surface area contributed by atoms with Gasteiger partial charge in [0.05, 0.1) is 0 Å². The van der Waals surface area contributed by atoms with Gasteiger partial charge >= 0.3 is 0 Å². The molecular formula is C20H38O2. The van der Waals surface area contributed by atoms with Crippen molar-refractivity contribution in [3.63, 3.8) is 0 Å². The topological polar surface area (TPSA) is 40.5 Å². The van der Waals surface area contributed by atoms with Gasteiger partial charge < -0.3 is 10.2 Å². The molecule has 0 aromatic heterocycles. The van der Waals surface area contributed by atoms with Crippen LogP contribution in [0.15, 0.2) is 0 Å². The lowest BCUT2D eigenvalue weighted by Crippen LogP contribution is -2.27. The first-order valence-corrected chi connectivity index (χ1v) is 8.85. The van der Waals surface area contributed by atoms with Gasteiger partial charge in [0.15, 0.2) is 0 Å². The van der Waals surface area contributed by atoms with E-state index in [-0.39, 0.29) is 0 Å². The van der Waals surface area contributed by atoms with Crippen LogP contribution in [0.1, 0.15) is 81.1 Å². The van der Waals surface area contributed by atoms with Crippen LogP contribution in [0.3, 0.4) is 0 Å². The minimum Gasteiger partial charge on any atom is -0.378 e. The van der Waals surface area contributed by atoms with Crippen LogP contribution in [0.5, 0.6) is 0 Å². The maximum atomic E-state index is 10.4. The largest absolute Gasteiger partial charge is 0.378 e. The Hall–Kier alpha value is -0.520. The molecule has 2 heteroatoms. The third-order valence-electron chi connectivity index (χ3n) is 5.05. The van der Waals surface area contributed by atoms with E-state index in [2.05, 4.69) is 53.4 Å². The Kier molecular flexibility index (Phi) is 8.73. The van der Waals surface area contributed by atoms with Crippen LogP contribution >= 0.6 is 0 Å². The molecule has 0 fully saturated rings. The summed E-state index contributed by atoms with van der Waals surface area (Å²) in [6.07, 6.45) is 3.20. The Morgan fingerprint density at radius 2 is 0.955 bits per heavy atom. The van der Waals surface area contributed by atoms with Crippen molar-refractivity contribution in [2.75, 3.05) is 0 Å². The Labute approximate surface area is 138 Å². The predicted molar refractivity (Wildman–Crippen MR) is 95.5 cm³/mol. The van der Waals surface area contributed by atoms with E-state index in [1.54, 1.807) is 13.8 Å². The lowest BCUT2D eigenvalue weighted by molar-refractivity contribution is 0.0898. The van der Waals surface area contributed by atoms with Crippen molar-refractivity contribution in [3.05, 3.63) is 0 Å². The summed E-state index contributed by atoms with van der Waals surface area (Å²) in [6, 6.07) is 0. The second-order valence-corrected chi connectivity index (χ2v) is 8.32. The fourth-order valence-electron chi connectivity index (χ4n) is 2.08. The minimum absolute atomic E-state index is 0.570. The molecule has 0 aromatic carbocycles. The molecule has 0 spiro atoms. The Morgan fingerprint density at radius 1 is 0.682 bits per heavy atom. The molecule has 0 rings (SSSR count). The van der Waals surface area contributed by atoms with E-state index in [0.717, 1.165) is 12.8 Å². The number of hydrogen-bond donors (Lipinski definition) is 2. The van der Waals surface area contributed by atoms with Gasteiger partial charge in [-0.25, -0.2) is 0 Å². The highest BCUT2D eigenvalue weighted by molar-refractivity contribution is 5.19. The number of rotatable bonds is 8. The molecule has 0 aliphatic rings. The van der Waals surface area contributed by atoms with E-state index < -0.39 is 11.2 Å². The second-order valence-electron chi connectivity index (χ2n) is 8.32. The number of hydrogen-bond acceptors (Lipinski definition) is 2. The number of aliphatic hydroxyl groups is 2. The summed E-state index contributed by atoms with van der Waals surface area (Å²) < 4.78 is 0. The van der Waals surface area contributed by atoms with Crippen molar-refractivity contribution in [2.24, 2.45) is 23.7 Å². The molecule has 0 aromatic rings. The molecule has 0 heterocycles. The first-order chi connectivity index (χ1) is 9.86. The van der Waals surface area contributed by atoms with Gasteiger partial charge in [0, 0.05) is 0 Å². The van der Waals surface area contributed by atoms with E-state index in [9.17, 15) is 10.2 Å². The predicted octanol–water partition coefficient (Wildman–Crippen LogP) is 4.64. The SMILES string of the molecule is CC(C)C(C)CCC(C)(O)C#CC(C)(O)CCC(C)C(C)C. The first kappa shape index (κ1) is 21.5.